The van der Waals surface area contributed by atoms with Gasteiger partial charge in [0.15, 0.2) is 5.60 Å². The Bertz CT molecular complexity index is 1400. The number of Topliss-reactive ketones (excluding diaryl/α,β-unsaturated/α-hetero) is 1. The second-order valence-electron chi connectivity index (χ2n) is 7.49. The Labute approximate surface area is 202 Å². The number of benzene rings is 1. The molecule has 0 bridgehead atoms. The number of halogens is 2. The lowest BCUT2D eigenvalue weighted by atomic mass is 9.95. The van der Waals surface area contributed by atoms with Crippen molar-refractivity contribution >= 4 is 16.8 Å². The molecule has 0 aliphatic heterocycles. The van der Waals surface area contributed by atoms with Crippen LogP contribution in [0.4, 0.5) is 8.78 Å². The van der Waals surface area contributed by atoms with E-state index in [9.17, 15) is 9.18 Å². The van der Waals surface area contributed by atoms with Crippen LogP contribution in [0, 0.1) is 23.5 Å². The van der Waals surface area contributed by atoms with E-state index in [2.05, 4.69) is 26.9 Å². The van der Waals surface area contributed by atoms with Gasteiger partial charge in [-0.3, -0.25) is 9.48 Å². The number of rotatable bonds is 6. The third-order valence-corrected chi connectivity index (χ3v) is 5.15. The number of ether oxygens (including phenoxy) is 2. The number of carbonyl (C=O) groups excluding carboxylic acids is 1. The summed E-state index contributed by atoms with van der Waals surface area (Å²) >= 11 is 0. The second kappa shape index (κ2) is 11.0. The molecule has 4 aromatic rings. The van der Waals surface area contributed by atoms with E-state index < -0.39 is 23.0 Å². The molecule has 1 unspecified atom stereocenters. The Morgan fingerprint density at radius 1 is 1.26 bits per heavy atom. The summed E-state index contributed by atoms with van der Waals surface area (Å²) < 4.78 is 41.3. The van der Waals surface area contributed by atoms with Gasteiger partial charge in [0.25, 0.3) is 0 Å². The van der Waals surface area contributed by atoms with Gasteiger partial charge >= 0.3 is 0 Å². The normalized spacial score (nSPS) is 12.3. The molecule has 182 valence electrons. The van der Waals surface area contributed by atoms with E-state index in [1.165, 1.54) is 43.9 Å². The predicted molar refractivity (Wildman–Crippen MR) is 128 cm³/mol. The van der Waals surface area contributed by atoms with Gasteiger partial charge in [-0.2, -0.15) is 5.10 Å². The number of aryl methyl sites for hydroxylation is 1. The van der Waals surface area contributed by atoms with Crippen LogP contribution in [0.3, 0.4) is 0 Å². The molecular weight excluding hydrogens is 454 g/mol. The standard InChI is InChI=1S/C24H20F2N4O3.C2H6/c1-24(33-14-32-3,16-5-4-6-17(25)9-16)8-7-20(31)19-12-28-23-21(19)22(26)18(11-27-23)15-10-29-30(2)13-15;1-2/h4-6,9-13H,14H2,1-3H3,(H,27,28);1-2H3. The first-order valence-corrected chi connectivity index (χ1v) is 10.9. The number of methoxy groups -OCH3 is 1. The fourth-order valence-corrected chi connectivity index (χ4v) is 3.39. The molecular formula is C26H26F2N4O3. The van der Waals surface area contributed by atoms with E-state index >= 15 is 4.39 Å². The van der Waals surface area contributed by atoms with Gasteiger partial charge in [0, 0.05) is 43.9 Å². The van der Waals surface area contributed by atoms with Crippen molar-refractivity contribution in [2.24, 2.45) is 7.05 Å². The number of nitrogens with one attached hydrogen (secondary N) is 1. The zero-order valence-electron chi connectivity index (χ0n) is 20.1. The SMILES string of the molecule is CC.COCOC(C)(C#CC(=O)c1c[nH]c2ncc(-c3cnn(C)c3)c(F)c12)c1cccc(F)c1. The number of pyridine rings is 1. The van der Waals surface area contributed by atoms with E-state index in [4.69, 9.17) is 9.47 Å². The molecule has 0 aliphatic carbocycles. The fourth-order valence-electron chi connectivity index (χ4n) is 3.39. The van der Waals surface area contributed by atoms with Crippen molar-refractivity contribution in [2.45, 2.75) is 26.4 Å². The number of aromatic nitrogens is 4. The summed E-state index contributed by atoms with van der Waals surface area (Å²) in [6, 6.07) is 5.71. The maximum Gasteiger partial charge on any atom is 0.238 e. The van der Waals surface area contributed by atoms with Crippen molar-refractivity contribution in [3.63, 3.8) is 0 Å². The molecule has 4 rings (SSSR count). The molecule has 0 saturated heterocycles. The van der Waals surface area contributed by atoms with Crippen molar-refractivity contribution in [2.75, 3.05) is 13.9 Å². The van der Waals surface area contributed by atoms with Crippen molar-refractivity contribution in [3.8, 4) is 23.0 Å². The zero-order valence-corrected chi connectivity index (χ0v) is 20.1. The van der Waals surface area contributed by atoms with Crippen LogP contribution in [0.15, 0.2) is 49.1 Å². The minimum absolute atomic E-state index is 0.0286. The third-order valence-electron chi connectivity index (χ3n) is 5.15. The minimum Gasteiger partial charge on any atom is -0.359 e. The number of fused-ring (bicyclic) bond motifs is 1. The molecule has 0 saturated carbocycles. The van der Waals surface area contributed by atoms with Gasteiger partial charge in [0.05, 0.1) is 17.1 Å². The molecule has 9 heteroatoms. The Balaban J connectivity index is 0.00000167. The largest absolute Gasteiger partial charge is 0.359 e. The highest BCUT2D eigenvalue weighted by Crippen LogP contribution is 2.30. The average Bonchev–Trinajstić information content (AvgIpc) is 3.49. The summed E-state index contributed by atoms with van der Waals surface area (Å²) in [5, 5.41) is 4.08. The highest BCUT2D eigenvalue weighted by atomic mass is 19.1. The molecule has 0 amide bonds. The molecule has 0 radical (unpaired) electrons. The Morgan fingerprint density at radius 3 is 2.69 bits per heavy atom. The molecule has 0 fully saturated rings. The van der Waals surface area contributed by atoms with Gasteiger partial charge in [-0.05, 0) is 30.5 Å². The lowest BCUT2D eigenvalue weighted by Crippen LogP contribution is -2.25. The minimum atomic E-state index is -1.34. The van der Waals surface area contributed by atoms with Crippen molar-refractivity contribution in [1.82, 2.24) is 19.7 Å². The summed E-state index contributed by atoms with van der Waals surface area (Å²) in [7, 11) is 3.15. The van der Waals surface area contributed by atoms with E-state index in [1.807, 2.05) is 13.8 Å². The lowest BCUT2D eigenvalue weighted by molar-refractivity contribution is -0.0991. The summed E-state index contributed by atoms with van der Waals surface area (Å²) in [4.78, 5) is 20.0. The van der Waals surface area contributed by atoms with E-state index in [-0.39, 0.29) is 29.0 Å². The first-order valence-electron chi connectivity index (χ1n) is 10.9. The predicted octanol–water partition coefficient (Wildman–Crippen LogP) is 4.99. The third kappa shape index (κ3) is 5.45. The lowest BCUT2D eigenvalue weighted by Gasteiger charge is -2.24. The highest BCUT2D eigenvalue weighted by Gasteiger charge is 2.27. The first-order chi connectivity index (χ1) is 16.8. The Morgan fingerprint density at radius 2 is 2.03 bits per heavy atom. The van der Waals surface area contributed by atoms with Gasteiger partial charge in [0.2, 0.25) is 5.78 Å². The van der Waals surface area contributed by atoms with Gasteiger partial charge in [0.1, 0.15) is 24.1 Å². The van der Waals surface area contributed by atoms with Gasteiger partial charge in [-0.25, -0.2) is 13.8 Å². The number of nitrogens with zero attached hydrogens (tertiary/aromatic N) is 3. The highest BCUT2D eigenvalue weighted by molar-refractivity contribution is 6.16. The van der Waals surface area contributed by atoms with Crippen LogP contribution >= 0.6 is 0 Å². The number of hydrogen-bond acceptors (Lipinski definition) is 5. The monoisotopic (exact) mass is 480 g/mol. The summed E-state index contributed by atoms with van der Waals surface area (Å²) in [6.07, 6.45) is 5.90. The van der Waals surface area contributed by atoms with Crippen molar-refractivity contribution < 1.29 is 23.0 Å². The number of carbonyl (C=O) groups is 1. The molecule has 0 aliphatic rings. The number of aromatic amines is 1. The average molecular weight is 481 g/mol. The quantitative estimate of drug-likeness (QED) is 0.182. The maximum atomic E-state index is 15.4. The number of H-pyrrole nitrogens is 1. The summed E-state index contributed by atoms with van der Waals surface area (Å²) in [5.74, 6) is 3.55. The maximum absolute atomic E-state index is 15.4. The van der Waals surface area contributed by atoms with Gasteiger partial charge in [-0.1, -0.05) is 31.9 Å². The zero-order chi connectivity index (χ0) is 25.6. The van der Waals surface area contributed by atoms with Crippen molar-refractivity contribution in [1.29, 1.82) is 0 Å². The van der Waals surface area contributed by atoms with Crippen LogP contribution in [0.5, 0.6) is 0 Å². The topological polar surface area (TPSA) is 82.0 Å². The van der Waals surface area contributed by atoms with Gasteiger partial charge in [-0.15, -0.1) is 0 Å². The Hall–Kier alpha value is -3.87. The van der Waals surface area contributed by atoms with Crippen LogP contribution in [0.25, 0.3) is 22.2 Å². The van der Waals surface area contributed by atoms with Crippen LogP contribution in [0.1, 0.15) is 36.7 Å². The molecule has 1 atom stereocenters. The molecule has 3 aromatic heterocycles. The van der Waals surface area contributed by atoms with E-state index in [0.717, 1.165) is 0 Å². The molecule has 3 heterocycles. The molecule has 35 heavy (non-hydrogen) atoms. The first kappa shape index (κ1) is 25.7. The van der Waals surface area contributed by atoms with Crippen LogP contribution in [-0.4, -0.2) is 39.4 Å². The van der Waals surface area contributed by atoms with Crippen LogP contribution in [-0.2, 0) is 22.1 Å². The van der Waals surface area contributed by atoms with Crippen LogP contribution < -0.4 is 0 Å². The molecule has 1 N–H and O–H groups in total. The summed E-state index contributed by atoms with van der Waals surface area (Å²) in [5.41, 5.74) is 0.0604. The van der Waals surface area contributed by atoms with E-state index in [1.54, 1.807) is 30.9 Å². The van der Waals surface area contributed by atoms with Crippen LogP contribution in [0.2, 0.25) is 0 Å². The smallest absolute Gasteiger partial charge is 0.238 e. The van der Waals surface area contributed by atoms with E-state index in [0.29, 0.717) is 11.1 Å². The summed E-state index contributed by atoms with van der Waals surface area (Å²) in [6.45, 7) is 5.47. The second-order valence-corrected chi connectivity index (χ2v) is 7.49. The van der Waals surface area contributed by atoms with Crippen molar-refractivity contribution in [3.05, 3.63) is 71.8 Å². The molecule has 0 spiro atoms. The fraction of sp³-hybridized carbons (Fsp3) is 0.269. The molecule has 7 nitrogen and oxygen atoms in total. The Kier molecular flexibility index (Phi) is 8.12. The molecule has 1 aromatic carbocycles. The number of hydrogen-bond donors (Lipinski definition) is 1. The number of ketones is 1. The van der Waals surface area contributed by atoms with Gasteiger partial charge < -0.3 is 14.5 Å².